The summed E-state index contributed by atoms with van der Waals surface area (Å²) in [5, 5.41) is -0.613. The lowest BCUT2D eigenvalue weighted by molar-refractivity contribution is -0.137. The summed E-state index contributed by atoms with van der Waals surface area (Å²) >= 11 is 6.77. The molecule has 0 aliphatic carbocycles. The number of sulfone groups is 1. The molecule has 2 aliphatic rings. The zero-order valence-corrected chi connectivity index (χ0v) is 15.8. The van der Waals surface area contributed by atoms with Crippen LogP contribution in [-0.4, -0.2) is 42.3 Å². The molecule has 0 saturated carbocycles. The number of hydrogen-bond donors (Lipinski definition) is 0. The number of hydrogen-bond acceptors (Lipinski definition) is 4. The number of carbonyl (C=O) groups is 1. The zero-order valence-electron chi connectivity index (χ0n) is 13.5. The standard InChI is InChI=1S/C15H14ClF3N2O3S2/c1-2-13(22)20-14-21(11-6-26(23,24)7-12(11)25-14)8-3-4-10(16)9(5-8)15(17,18)19/h3-5,11-12H,2,6-7H2,1H3/t11-,12+/m0/s1. The van der Waals surface area contributed by atoms with Crippen LogP contribution >= 0.6 is 23.4 Å². The number of amidine groups is 1. The van der Waals surface area contributed by atoms with Gasteiger partial charge in [-0.3, -0.25) is 4.79 Å². The van der Waals surface area contributed by atoms with E-state index in [9.17, 15) is 26.4 Å². The molecule has 0 aromatic heterocycles. The van der Waals surface area contributed by atoms with Gasteiger partial charge in [0.15, 0.2) is 15.0 Å². The van der Waals surface area contributed by atoms with Crippen LogP contribution in [0.4, 0.5) is 18.9 Å². The molecule has 2 aliphatic heterocycles. The maximum absolute atomic E-state index is 13.2. The first-order valence-corrected chi connectivity index (χ1v) is 10.7. The number of aliphatic imine (C=N–C) groups is 1. The first-order valence-electron chi connectivity index (χ1n) is 7.66. The fourth-order valence-corrected chi connectivity index (χ4v) is 7.09. The topological polar surface area (TPSA) is 66.8 Å². The molecule has 2 atom stereocenters. The van der Waals surface area contributed by atoms with Crippen molar-refractivity contribution in [2.45, 2.75) is 30.8 Å². The van der Waals surface area contributed by atoms with Crippen molar-refractivity contribution in [3.05, 3.63) is 28.8 Å². The molecule has 142 valence electrons. The molecule has 0 bridgehead atoms. The fourth-order valence-electron chi connectivity index (χ4n) is 2.93. The Hall–Kier alpha value is -1.26. The van der Waals surface area contributed by atoms with Gasteiger partial charge in [0, 0.05) is 17.4 Å². The van der Waals surface area contributed by atoms with Crippen LogP contribution in [0.15, 0.2) is 23.2 Å². The number of amides is 1. The van der Waals surface area contributed by atoms with Crippen molar-refractivity contribution in [1.29, 1.82) is 0 Å². The van der Waals surface area contributed by atoms with E-state index in [1.807, 2.05) is 0 Å². The fraction of sp³-hybridized carbons (Fsp3) is 0.467. The summed E-state index contributed by atoms with van der Waals surface area (Å²) in [6.45, 7) is 1.62. The SMILES string of the molecule is CCC(=O)N=C1S[C@@H]2CS(=O)(=O)C[C@@H]2N1c1ccc(Cl)c(C(F)(F)F)c1. The molecule has 0 unspecified atom stereocenters. The van der Waals surface area contributed by atoms with Gasteiger partial charge in [0.1, 0.15) is 0 Å². The number of anilines is 1. The normalized spacial score (nSPS) is 26.3. The lowest BCUT2D eigenvalue weighted by Gasteiger charge is -2.25. The minimum absolute atomic E-state index is 0.0993. The van der Waals surface area contributed by atoms with Gasteiger partial charge in [-0.25, -0.2) is 8.42 Å². The first-order chi connectivity index (χ1) is 12.0. The van der Waals surface area contributed by atoms with Gasteiger partial charge in [-0.15, -0.1) is 0 Å². The average molecular weight is 427 g/mol. The minimum atomic E-state index is -4.66. The van der Waals surface area contributed by atoms with Gasteiger partial charge in [0.2, 0.25) is 5.91 Å². The van der Waals surface area contributed by atoms with Gasteiger partial charge >= 0.3 is 6.18 Å². The summed E-state index contributed by atoms with van der Waals surface area (Å²) in [5.74, 6) is -0.725. The van der Waals surface area contributed by atoms with Crippen LogP contribution in [-0.2, 0) is 20.8 Å². The van der Waals surface area contributed by atoms with Crippen molar-refractivity contribution in [1.82, 2.24) is 0 Å². The lowest BCUT2D eigenvalue weighted by atomic mass is 10.1. The quantitative estimate of drug-likeness (QED) is 0.725. The highest BCUT2D eigenvalue weighted by Gasteiger charge is 2.49. The largest absolute Gasteiger partial charge is 0.417 e. The van der Waals surface area contributed by atoms with Crippen molar-refractivity contribution in [2.75, 3.05) is 16.4 Å². The third-order valence-electron chi connectivity index (χ3n) is 4.12. The van der Waals surface area contributed by atoms with E-state index in [0.717, 1.165) is 23.9 Å². The maximum Gasteiger partial charge on any atom is 0.417 e. The van der Waals surface area contributed by atoms with Gasteiger partial charge in [-0.1, -0.05) is 30.3 Å². The number of carbonyl (C=O) groups excluding carboxylic acids is 1. The molecule has 1 aromatic carbocycles. The predicted molar refractivity (Wildman–Crippen MR) is 95.5 cm³/mol. The van der Waals surface area contributed by atoms with Crippen molar-refractivity contribution in [3.63, 3.8) is 0 Å². The van der Waals surface area contributed by atoms with Gasteiger partial charge < -0.3 is 4.90 Å². The molecular formula is C15H14ClF3N2O3S2. The highest BCUT2D eigenvalue weighted by molar-refractivity contribution is 8.16. The third kappa shape index (κ3) is 3.72. The minimum Gasteiger partial charge on any atom is -0.316 e. The highest BCUT2D eigenvalue weighted by atomic mass is 35.5. The van der Waals surface area contributed by atoms with Gasteiger partial charge in [0.05, 0.1) is 28.1 Å². The van der Waals surface area contributed by atoms with Crippen molar-refractivity contribution in [2.24, 2.45) is 4.99 Å². The van der Waals surface area contributed by atoms with Crippen LogP contribution < -0.4 is 4.90 Å². The summed E-state index contributed by atoms with van der Waals surface area (Å²) in [7, 11) is -3.30. The van der Waals surface area contributed by atoms with E-state index in [1.165, 1.54) is 11.0 Å². The highest BCUT2D eigenvalue weighted by Crippen LogP contribution is 2.43. The molecule has 0 spiro atoms. The maximum atomic E-state index is 13.2. The summed E-state index contributed by atoms with van der Waals surface area (Å²) < 4.78 is 63.4. The van der Waals surface area contributed by atoms with E-state index >= 15 is 0 Å². The molecule has 1 aromatic rings. The second-order valence-electron chi connectivity index (χ2n) is 5.97. The van der Waals surface area contributed by atoms with E-state index in [4.69, 9.17) is 11.6 Å². The molecule has 26 heavy (non-hydrogen) atoms. The molecule has 2 saturated heterocycles. The van der Waals surface area contributed by atoms with Gasteiger partial charge in [-0.2, -0.15) is 18.2 Å². The van der Waals surface area contributed by atoms with E-state index in [-0.39, 0.29) is 34.0 Å². The van der Waals surface area contributed by atoms with Crippen LogP contribution in [0, 0.1) is 0 Å². The van der Waals surface area contributed by atoms with Crippen molar-refractivity contribution < 1.29 is 26.4 Å². The van der Waals surface area contributed by atoms with E-state index in [0.29, 0.717) is 0 Å². The van der Waals surface area contributed by atoms with Crippen LogP contribution in [0.5, 0.6) is 0 Å². The second-order valence-corrected chi connectivity index (χ2v) is 9.74. The summed E-state index contributed by atoms with van der Waals surface area (Å²) in [4.78, 5) is 17.1. The van der Waals surface area contributed by atoms with E-state index in [1.54, 1.807) is 6.92 Å². The van der Waals surface area contributed by atoms with Crippen molar-refractivity contribution in [3.8, 4) is 0 Å². The number of rotatable bonds is 2. The van der Waals surface area contributed by atoms with Crippen molar-refractivity contribution >= 4 is 50.0 Å². The Morgan fingerprint density at radius 1 is 1.38 bits per heavy atom. The van der Waals surface area contributed by atoms with E-state index < -0.39 is 38.5 Å². The van der Waals surface area contributed by atoms with Crippen LogP contribution in [0.25, 0.3) is 0 Å². The van der Waals surface area contributed by atoms with Gasteiger partial charge in [-0.05, 0) is 18.2 Å². The second kappa shape index (κ2) is 6.72. The molecule has 0 radical (unpaired) electrons. The summed E-state index contributed by atoms with van der Waals surface area (Å²) in [6, 6.07) is 2.77. The molecule has 0 N–H and O–H groups in total. The molecule has 5 nitrogen and oxygen atoms in total. The lowest BCUT2D eigenvalue weighted by Crippen LogP contribution is -2.37. The molecule has 2 heterocycles. The number of benzene rings is 1. The Bertz CT molecular complexity index is 887. The Kier molecular flexibility index (Phi) is 5.04. The number of alkyl halides is 3. The average Bonchev–Trinajstić information content (AvgIpc) is 2.97. The van der Waals surface area contributed by atoms with Crippen LogP contribution in [0.1, 0.15) is 18.9 Å². The molecular weight excluding hydrogens is 413 g/mol. The Labute approximate surface area is 157 Å². The van der Waals surface area contributed by atoms with E-state index in [2.05, 4.69) is 4.99 Å². The summed E-state index contributed by atoms with van der Waals surface area (Å²) in [5.41, 5.74) is -0.909. The molecule has 2 fully saturated rings. The molecule has 3 rings (SSSR count). The number of thioether (sulfide) groups is 1. The van der Waals surface area contributed by atoms with Gasteiger partial charge in [0.25, 0.3) is 0 Å². The Morgan fingerprint density at radius 2 is 2.08 bits per heavy atom. The number of fused-ring (bicyclic) bond motifs is 1. The monoisotopic (exact) mass is 426 g/mol. The Morgan fingerprint density at radius 3 is 2.69 bits per heavy atom. The smallest absolute Gasteiger partial charge is 0.316 e. The third-order valence-corrected chi connectivity index (χ3v) is 7.66. The van der Waals surface area contributed by atoms with Crippen LogP contribution in [0.2, 0.25) is 5.02 Å². The number of halogens is 4. The van der Waals surface area contributed by atoms with Crippen LogP contribution in [0.3, 0.4) is 0 Å². The Balaban J connectivity index is 2.09. The molecule has 1 amide bonds. The number of nitrogens with zero attached hydrogens (tertiary/aromatic N) is 2. The predicted octanol–water partition coefficient (Wildman–Crippen LogP) is 3.37. The molecule has 11 heteroatoms. The first kappa shape index (κ1) is 19.5. The summed E-state index contributed by atoms with van der Waals surface area (Å²) in [6.07, 6.45) is -4.52. The zero-order chi connectivity index (χ0) is 19.3.